The number of Topliss-reactive ketones (excluding diaryl/α,β-unsaturated/α-hetero) is 1. The Morgan fingerprint density at radius 2 is 2.08 bits per heavy atom. The van der Waals surface area contributed by atoms with E-state index in [4.69, 9.17) is 13.9 Å². The molecular weight excluding hydrogens is 336 g/mol. The first-order valence-electron chi connectivity index (χ1n) is 8.80. The van der Waals surface area contributed by atoms with Crippen molar-refractivity contribution in [1.29, 1.82) is 0 Å². The molecule has 0 amide bonds. The molecule has 1 fully saturated rings. The van der Waals surface area contributed by atoms with Crippen LogP contribution in [0.25, 0.3) is 0 Å². The summed E-state index contributed by atoms with van der Waals surface area (Å²) in [5.74, 6) is -1.28. The second kappa shape index (κ2) is 6.27. The molecule has 3 atom stereocenters. The summed E-state index contributed by atoms with van der Waals surface area (Å²) >= 11 is 0. The van der Waals surface area contributed by atoms with Crippen LogP contribution in [0.1, 0.15) is 44.3 Å². The third kappa shape index (κ3) is 2.69. The van der Waals surface area contributed by atoms with Gasteiger partial charge in [-0.3, -0.25) is 9.59 Å². The van der Waals surface area contributed by atoms with Gasteiger partial charge in [0, 0.05) is 23.8 Å². The normalized spacial score (nSPS) is 33.2. The Morgan fingerprint density at radius 1 is 1.23 bits per heavy atom. The van der Waals surface area contributed by atoms with Gasteiger partial charge in [0.2, 0.25) is 0 Å². The fourth-order valence-corrected chi connectivity index (χ4v) is 4.12. The molecule has 2 aliphatic heterocycles. The molecule has 0 unspecified atom stereocenters. The van der Waals surface area contributed by atoms with E-state index in [9.17, 15) is 14.4 Å². The van der Waals surface area contributed by atoms with Crippen LogP contribution in [0.4, 0.5) is 0 Å². The number of allylic oxidation sites excluding steroid dienone is 1. The maximum atomic E-state index is 13.0. The van der Waals surface area contributed by atoms with Gasteiger partial charge in [-0.15, -0.1) is 0 Å². The quantitative estimate of drug-likeness (QED) is 0.719. The fourth-order valence-electron chi connectivity index (χ4n) is 4.12. The SMILES string of the molecule is C[C@]12C[C@H](c3ccoc3)OC(=O)[C@H]1CCC1=C(/C=C\CC2=O)C(=O)OC1. The predicted octanol–water partition coefficient (Wildman–Crippen LogP) is 3.05. The van der Waals surface area contributed by atoms with Crippen molar-refractivity contribution in [1.82, 2.24) is 0 Å². The Morgan fingerprint density at radius 3 is 2.85 bits per heavy atom. The highest BCUT2D eigenvalue weighted by molar-refractivity contribution is 5.96. The monoisotopic (exact) mass is 356 g/mol. The lowest BCUT2D eigenvalue weighted by atomic mass is 9.65. The van der Waals surface area contributed by atoms with Crippen molar-refractivity contribution in [2.45, 2.75) is 38.7 Å². The molecule has 6 heteroatoms. The summed E-state index contributed by atoms with van der Waals surface area (Å²) in [4.78, 5) is 37.6. The summed E-state index contributed by atoms with van der Waals surface area (Å²) in [6.45, 7) is 2.11. The van der Waals surface area contributed by atoms with E-state index in [0.29, 0.717) is 24.8 Å². The third-order valence-corrected chi connectivity index (χ3v) is 5.77. The molecule has 26 heavy (non-hydrogen) atoms. The van der Waals surface area contributed by atoms with E-state index in [1.165, 1.54) is 6.26 Å². The summed E-state index contributed by atoms with van der Waals surface area (Å²) in [6, 6.07) is 1.75. The van der Waals surface area contributed by atoms with Crippen LogP contribution in [0.15, 0.2) is 46.3 Å². The van der Waals surface area contributed by atoms with Crippen LogP contribution in [0.3, 0.4) is 0 Å². The van der Waals surface area contributed by atoms with E-state index in [2.05, 4.69) is 0 Å². The van der Waals surface area contributed by atoms with Crippen LogP contribution < -0.4 is 0 Å². The minimum atomic E-state index is -0.816. The van der Waals surface area contributed by atoms with Crippen molar-refractivity contribution in [3.05, 3.63) is 47.5 Å². The van der Waals surface area contributed by atoms with Gasteiger partial charge in [0.15, 0.2) is 0 Å². The Kier molecular flexibility index (Phi) is 4.05. The molecule has 0 aromatic carbocycles. The average Bonchev–Trinajstić information content (AvgIpc) is 3.25. The van der Waals surface area contributed by atoms with Crippen molar-refractivity contribution in [2.24, 2.45) is 11.3 Å². The van der Waals surface area contributed by atoms with Crippen LogP contribution in [0, 0.1) is 11.3 Å². The van der Waals surface area contributed by atoms with E-state index < -0.39 is 17.4 Å². The summed E-state index contributed by atoms with van der Waals surface area (Å²) in [7, 11) is 0. The molecule has 1 aromatic heterocycles. The number of ketones is 1. The molecule has 0 spiro atoms. The maximum absolute atomic E-state index is 13.0. The zero-order valence-corrected chi connectivity index (χ0v) is 14.5. The molecule has 1 saturated heterocycles. The second-order valence-electron chi connectivity index (χ2n) is 7.32. The number of rotatable bonds is 1. The summed E-state index contributed by atoms with van der Waals surface area (Å²) < 4.78 is 15.8. The maximum Gasteiger partial charge on any atom is 0.338 e. The highest BCUT2D eigenvalue weighted by Gasteiger charge is 2.51. The number of hydrogen-bond acceptors (Lipinski definition) is 6. The van der Waals surface area contributed by atoms with Crippen LogP contribution in [0.2, 0.25) is 0 Å². The number of carbonyl (C=O) groups excluding carboxylic acids is 3. The fraction of sp³-hybridized carbons (Fsp3) is 0.450. The number of esters is 2. The van der Waals surface area contributed by atoms with Crippen molar-refractivity contribution in [3.63, 3.8) is 0 Å². The van der Waals surface area contributed by atoms with Crippen molar-refractivity contribution < 1.29 is 28.3 Å². The van der Waals surface area contributed by atoms with E-state index in [1.807, 2.05) is 6.92 Å². The summed E-state index contributed by atoms with van der Waals surface area (Å²) in [5.41, 5.74) is 1.34. The second-order valence-corrected chi connectivity index (χ2v) is 7.32. The van der Waals surface area contributed by atoms with Gasteiger partial charge in [0.25, 0.3) is 0 Å². The predicted molar refractivity (Wildman–Crippen MR) is 89.7 cm³/mol. The van der Waals surface area contributed by atoms with Gasteiger partial charge < -0.3 is 13.9 Å². The van der Waals surface area contributed by atoms with Gasteiger partial charge in [-0.05, 0) is 24.5 Å². The molecule has 3 heterocycles. The zero-order valence-electron chi connectivity index (χ0n) is 14.5. The van der Waals surface area contributed by atoms with Gasteiger partial charge in [-0.1, -0.05) is 19.1 Å². The van der Waals surface area contributed by atoms with E-state index in [0.717, 1.165) is 11.1 Å². The zero-order chi connectivity index (χ0) is 18.3. The molecule has 0 bridgehead atoms. The Balaban J connectivity index is 1.66. The summed E-state index contributed by atoms with van der Waals surface area (Å²) in [6.07, 6.45) is 7.56. The van der Waals surface area contributed by atoms with Crippen molar-refractivity contribution in [3.8, 4) is 0 Å². The smallest absolute Gasteiger partial charge is 0.338 e. The van der Waals surface area contributed by atoms with E-state index in [1.54, 1.807) is 24.5 Å². The first-order valence-corrected chi connectivity index (χ1v) is 8.80. The molecule has 4 rings (SSSR count). The van der Waals surface area contributed by atoms with Crippen LogP contribution in [-0.2, 0) is 23.9 Å². The molecular formula is C20H20O6. The minimum Gasteiger partial charge on any atom is -0.472 e. The van der Waals surface area contributed by atoms with E-state index in [-0.39, 0.29) is 30.7 Å². The first kappa shape index (κ1) is 16.8. The molecule has 1 aliphatic carbocycles. The number of cyclic esters (lactones) is 2. The van der Waals surface area contributed by atoms with Gasteiger partial charge in [-0.25, -0.2) is 4.79 Å². The van der Waals surface area contributed by atoms with Crippen LogP contribution in [0.5, 0.6) is 0 Å². The Bertz CT molecular complexity index is 815. The van der Waals surface area contributed by atoms with Gasteiger partial charge in [-0.2, -0.15) is 0 Å². The average molecular weight is 356 g/mol. The molecule has 1 aromatic rings. The molecule has 3 aliphatic rings. The van der Waals surface area contributed by atoms with E-state index >= 15 is 0 Å². The van der Waals surface area contributed by atoms with Crippen LogP contribution in [-0.4, -0.2) is 24.3 Å². The topological polar surface area (TPSA) is 82.8 Å². The molecule has 6 nitrogen and oxygen atoms in total. The largest absolute Gasteiger partial charge is 0.472 e. The van der Waals surface area contributed by atoms with Gasteiger partial charge in [0.1, 0.15) is 18.5 Å². The number of ether oxygens (including phenoxy) is 2. The minimum absolute atomic E-state index is 0.0145. The van der Waals surface area contributed by atoms with Crippen molar-refractivity contribution >= 4 is 17.7 Å². The highest BCUT2D eigenvalue weighted by Crippen LogP contribution is 2.48. The number of fused-ring (bicyclic) bond motifs is 1. The molecule has 0 saturated carbocycles. The lowest BCUT2D eigenvalue weighted by Gasteiger charge is -2.42. The van der Waals surface area contributed by atoms with Gasteiger partial charge in [0.05, 0.1) is 24.0 Å². The lowest BCUT2D eigenvalue weighted by Crippen LogP contribution is -2.46. The standard InChI is InChI=1S/C20H20O6/c1-20-9-16(13-7-8-24-10-13)26-19(23)15(20)6-5-12-11-25-18(22)14(12)3-2-4-17(20)21/h2-3,7-8,10,15-16H,4-6,9,11H2,1H3/b3-2-/t15-,16-,20+/m1/s1. The third-order valence-electron chi connectivity index (χ3n) is 5.77. The molecule has 0 N–H and O–H groups in total. The Hall–Kier alpha value is -2.63. The highest BCUT2D eigenvalue weighted by atomic mass is 16.5. The number of carbonyl (C=O) groups is 3. The van der Waals surface area contributed by atoms with Crippen LogP contribution >= 0.6 is 0 Å². The Labute approximate surface area is 150 Å². The van der Waals surface area contributed by atoms with Gasteiger partial charge >= 0.3 is 11.9 Å². The number of furan rings is 1. The lowest BCUT2D eigenvalue weighted by molar-refractivity contribution is -0.177. The first-order chi connectivity index (χ1) is 12.5. The van der Waals surface area contributed by atoms with Crippen molar-refractivity contribution in [2.75, 3.05) is 6.61 Å². The summed E-state index contributed by atoms with van der Waals surface area (Å²) in [5, 5.41) is 0. The molecule has 0 radical (unpaired) electrons. The molecule has 136 valence electrons. The number of hydrogen-bond donors (Lipinski definition) is 0.